The van der Waals surface area contributed by atoms with Crippen molar-refractivity contribution in [2.24, 2.45) is 0 Å². The van der Waals surface area contributed by atoms with Crippen LogP contribution in [0, 0.1) is 0 Å². The number of carbonyl (C=O) groups excluding carboxylic acids is 1. The van der Waals surface area contributed by atoms with E-state index in [-0.39, 0.29) is 11.7 Å². The second kappa shape index (κ2) is 4.75. The van der Waals surface area contributed by atoms with Crippen LogP contribution in [-0.4, -0.2) is 27.5 Å². The van der Waals surface area contributed by atoms with E-state index < -0.39 is 0 Å². The van der Waals surface area contributed by atoms with Crippen molar-refractivity contribution in [1.82, 2.24) is 14.9 Å². The van der Waals surface area contributed by atoms with Crippen LogP contribution in [0.4, 0.5) is 5.82 Å². The SMILES string of the molecule is CCOc1cc(C(=O)Nc2cc3n(n2)CCC3)on1. The molecule has 19 heavy (non-hydrogen) atoms. The zero-order valence-corrected chi connectivity index (χ0v) is 10.5. The van der Waals surface area contributed by atoms with E-state index in [1.165, 1.54) is 6.07 Å². The van der Waals surface area contributed by atoms with Gasteiger partial charge in [-0.05, 0) is 24.9 Å². The third-order valence-corrected chi connectivity index (χ3v) is 2.91. The fraction of sp³-hybridized carbons (Fsp3) is 0.417. The van der Waals surface area contributed by atoms with Crippen LogP contribution in [0.3, 0.4) is 0 Å². The molecule has 7 nitrogen and oxygen atoms in total. The fourth-order valence-corrected chi connectivity index (χ4v) is 2.08. The summed E-state index contributed by atoms with van der Waals surface area (Å²) in [7, 11) is 0. The molecule has 0 spiro atoms. The first-order valence-electron chi connectivity index (χ1n) is 6.24. The normalized spacial score (nSPS) is 13.3. The van der Waals surface area contributed by atoms with Gasteiger partial charge in [0.25, 0.3) is 11.8 Å². The Kier molecular flexibility index (Phi) is 2.94. The molecule has 100 valence electrons. The summed E-state index contributed by atoms with van der Waals surface area (Å²) < 4.78 is 11.9. The van der Waals surface area contributed by atoms with Crippen molar-refractivity contribution in [2.45, 2.75) is 26.3 Å². The van der Waals surface area contributed by atoms with Gasteiger partial charge in [-0.1, -0.05) is 0 Å². The molecule has 1 N–H and O–H groups in total. The minimum Gasteiger partial charge on any atom is -0.476 e. The zero-order valence-electron chi connectivity index (χ0n) is 10.5. The van der Waals surface area contributed by atoms with Gasteiger partial charge in [0.15, 0.2) is 5.82 Å². The molecule has 0 aromatic carbocycles. The van der Waals surface area contributed by atoms with Crippen LogP contribution in [0.1, 0.15) is 29.6 Å². The summed E-state index contributed by atoms with van der Waals surface area (Å²) in [5.41, 5.74) is 1.14. The standard InChI is InChI=1S/C12H14N4O3/c1-2-18-11-7-9(19-15-11)12(17)13-10-6-8-4-3-5-16(8)14-10/h6-7H,2-5H2,1H3,(H,13,14,17). The highest BCUT2D eigenvalue weighted by molar-refractivity contribution is 6.01. The minimum atomic E-state index is -0.379. The molecule has 7 heteroatoms. The summed E-state index contributed by atoms with van der Waals surface area (Å²) in [5, 5.41) is 10.6. The van der Waals surface area contributed by atoms with Gasteiger partial charge in [0, 0.05) is 18.3 Å². The molecular weight excluding hydrogens is 248 g/mol. The Morgan fingerprint density at radius 1 is 1.58 bits per heavy atom. The molecule has 2 aromatic rings. The Labute approximate surface area is 109 Å². The molecule has 0 fully saturated rings. The molecule has 0 unspecified atom stereocenters. The number of hydrogen-bond donors (Lipinski definition) is 1. The second-order valence-electron chi connectivity index (χ2n) is 4.26. The first-order valence-corrected chi connectivity index (χ1v) is 6.24. The molecule has 0 radical (unpaired) electrons. The Balaban J connectivity index is 1.69. The van der Waals surface area contributed by atoms with Crippen LogP contribution in [0.15, 0.2) is 16.7 Å². The van der Waals surface area contributed by atoms with Crippen LogP contribution >= 0.6 is 0 Å². The molecule has 0 atom stereocenters. The van der Waals surface area contributed by atoms with E-state index in [4.69, 9.17) is 9.26 Å². The van der Waals surface area contributed by atoms with Crippen molar-refractivity contribution in [2.75, 3.05) is 11.9 Å². The summed E-state index contributed by atoms with van der Waals surface area (Å²) >= 11 is 0. The summed E-state index contributed by atoms with van der Waals surface area (Å²) in [4.78, 5) is 11.9. The summed E-state index contributed by atoms with van der Waals surface area (Å²) in [5.74, 6) is 0.570. The average Bonchev–Trinajstić information content (AvgIpc) is 3.03. The lowest BCUT2D eigenvalue weighted by Gasteiger charge is -1.97. The van der Waals surface area contributed by atoms with Crippen LogP contribution in [-0.2, 0) is 13.0 Å². The predicted molar refractivity (Wildman–Crippen MR) is 66.2 cm³/mol. The van der Waals surface area contributed by atoms with Gasteiger partial charge < -0.3 is 14.6 Å². The monoisotopic (exact) mass is 262 g/mol. The number of aromatic nitrogens is 3. The lowest BCUT2D eigenvalue weighted by molar-refractivity contribution is 0.0987. The first-order chi connectivity index (χ1) is 9.26. The van der Waals surface area contributed by atoms with E-state index in [0.29, 0.717) is 18.3 Å². The zero-order chi connectivity index (χ0) is 13.2. The Morgan fingerprint density at radius 2 is 2.47 bits per heavy atom. The van der Waals surface area contributed by atoms with Crippen molar-refractivity contribution < 1.29 is 14.1 Å². The molecule has 0 aliphatic carbocycles. The molecule has 1 amide bonds. The van der Waals surface area contributed by atoms with E-state index >= 15 is 0 Å². The van der Waals surface area contributed by atoms with Gasteiger partial charge in [0.1, 0.15) is 0 Å². The summed E-state index contributed by atoms with van der Waals surface area (Å²) in [6.45, 7) is 3.21. The van der Waals surface area contributed by atoms with Gasteiger partial charge in [-0.25, -0.2) is 0 Å². The number of nitrogens with one attached hydrogen (secondary N) is 1. The maximum atomic E-state index is 11.9. The van der Waals surface area contributed by atoms with Gasteiger partial charge >= 0.3 is 0 Å². The first kappa shape index (κ1) is 11.8. The Morgan fingerprint density at radius 3 is 3.26 bits per heavy atom. The lowest BCUT2D eigenvalue weighted by atomic mass is 10.3. The average molecular weight is 262 g/mol. The maximum absolute atomic E-state index is 11.9. The van der Waals surface area contributed by atoms with E-state index in [9.17, 15) is 4.79 Å². The highest BCUT2D eigenvalue weighted by Crippen LogP contribution is 2.19. The summed E-state index contributed by atoms with van der Waals surface area (Å²) in [6.07, 6.45) is 2.11. The van der Waals surface area contributed by atoms with Crippen molar-refractivity contribution in [1.29, 1.82) is 0 Å². The van der Waals surface area contributed by atoms with Crippen molar-refractivity contribution in [3.8, 4) is 5.88 Å². The number of ether oxygens (including phenoxy) is 1. The van der Waals surface area contributed by atoms with Crippen LogP contribution in [0.5, 0.6) is 5.88 Å². The fourth-order valence-electron chi connectivity index (χ4n) is 2.08. The van der Waals surface area contributed by atoms with E-state index in [0.717, 1.165) is 25.1 Å². The molecule has 3 heterocycles. The number of amides is 1. The molecular formula is C12H14N4O3. The molecule has 1 aliphatic rings. The summed E-state index contributed by atoms with van der Waals surface area (Å²) in [6, 6.07) is 3.34. The van der Waals surface area contributed by atoms with E-state index in [2.05, 4.69) is 15.6 Å². The second-order valence-corrected chi connectivity index (χ2v) is 4.26. The van der Waals surface area contributed by atoms with Gasteiger partial charge in [-0.2, -0.15) is 5.10 Å². The molecule has 1 aliphatic heterocycles. The topological polar surface area (TPSA) is 82.2 Å². The molecule has 0 saturated carbocycles. The third kappa shape index (κ3) is 2.31. The molecule has 2 aromatic heterocycles. The number of rotatable bonds is 4. The van der Waals surface area contributed by atoms with Crippen LogP contribution in [0.2, 0.25) is 0 Å². The predicted octanol–water partition coefficient (Wildman–Crippen LogP) is 1.47. The van der Waals surface area contributed by atoms with E-state index in [1.807, 2.05) is 17.7 Å². The van der Waals surface area contributed by atoms with Crippen molar-refractivity contribution >= 4 is 11.7 Å². The smallest absolute Gasteiger partial charge is 0.295 e. The van der Waals surface area contributed by atoms with E-state index in [1.54, 1.807) is 0 Å². The molecule has 0 bridgehead atoms. The van der Waals surface area contributed by atoms with Gasteiger partial charge in [-0.15, -0.1) is 0 Å². The molecule has 0 saturated heterocycles. The lowest BCUT2D eigenvalue weighted by Crippen LogP contribution is -2.11. The Bertz CT molecular complexity index is 580. The minimum absolute atomic E-state index is 0.108. The van der Waals surface area contributed by atoms with Gasteiger partial charge in [0.2, 0.25) is 5.76 Å². The number of aryl methyl sites for hydroxylation is 2. The van der Waals surface area contributed by atoms with Gasteiger partial charge in [0.05, 0.1) is 12.7 Å². The number of carbonyl (C=O) groups is 1. The van der Waals surface area contributed by atoms with Gasteiger partial charge in [-0.3, -0.25) is 9.48 Å². The number of nitrogens with zero attached hydrogens (tertiary/aromatic N) is 3. The Hall–Kier alpha value is -2.31. The number of fused-ring (bicyclic) bond motifs is 1. The van der Waals surface area contributed by atoms with Crippen molar-refractivity contribution in [3.63, 3.8) is 0 Å². The maximum Gasteiger partial charge on any atom is 0.295 e. The number of hydrogen-bond acceptors (Lipinski definition) is 5. The largest absolute Gasteiger partial charge is 0.476 e. The quantitative estimate of drug-likeness (QED) is 0.902. The van der Waals surface area contributed by atoms with Crippen LogP contribution in [0.25, 0.3) is 0 Å². The highest BCUT2D eigenvalue weighted by atomic mass is 16.5. The highest BCUT2D eigenvalue weighted by Gasteiger charge is 2.18. The third-order valence-electron chi connectivity index (χ3n) is 2.91. The van der Waals surface area contributed by atoms with Crippen molar-refractivity contribution in [3.05, 3.63) is 23.6 Å². The number of anilines is 1. The van der Waals surface area contributed by atoms with Crippen LogP contribution < -0.4 is 10.1 Å². The molecule has 3 rings (SSSR count).